The van der Waals surface area contributed by atoms with Crippen molar-refractivity contribution in [2.75, 3.05) is 12.3 Å². The molecule has 1 amide bonds. The highest BCUT2D eigenvalue weighted by Crippen LogP contribution is 2.24. The quantitative estimate of drug-likeness (QED) is 0.608. The van der Waals surface area contributed by atoms with Gasteiger partial charge in [0.15, 0.2) is 5.16 Å². The minimum Gasteiger partial charge on any atom is -0.339 e. The Balaban J connectivity index is 1.74. The number of aromatic nitrogens is 2. The van der Waals surface area contributed by atoms with Crippen molar-refractivity contribution in [3.8, 4) is 0 Å². The molecule has 0 spiro atoms. The number of benzene rings is 1. The smallest absolute Gasteiger partial charge is 0.261 e. The van der Waals surface area contributed by atoms with Crippen molar-refractivity contribution in [2.24, 2.45) is 7.05 Å². The van der Waals surface area contributed by atoms with E-state index in [1.807, 2.05) is 30.0 Å². The minimum absolute atomic E-state index is 0.0693. The molecule has 3 rings (SSSR count). The first kappa shape index (κ1) is 18.0. The highest BCUT2D eigenvalue weighted by Gasteiger charge is 2.24. The van der Waals surface area contributed by atoms with Gasteiger partial charge < -0.3 is 4.90 Å². The average Bonchev–Trinajstić information content (AvgIpc) is 2.65. The van der Waals surface area contributed by atoms with Gasteiger partial charge in [-0.25, -0.2) is 4.98 Å². The second kappa shape index (κ2) is 8.04. The average molecular weight is 359 g/mol. The zero-order valence-electron chi connectivity index (χ0n) is 14.9. The summed E-state index contributed by atoms with van der Waals surface area (Å²) in [4.78, 5) is 31.7. The number of hydrogen-bond donors (Lipinski definition) is 0. The van der Waals surface area contributed by atoms with Crippen LogP contribution in [0.2, 0.25) is 0 Å². The third-order valence-electron chi connectivity index (χ3n) is 4.94. The molecule has 1 aromatic heterocycles. The molecule has 1 fully saturated rings. The number of rotatable bonds is 5. The number of nitrogens with zero attached hydrogens (tertiary/aromatic N) is 3. The molecule has 6 heteroatoms. The van der Waals surface area contributed by atoms with Crippen molar-refractivity contribution >= 4 is 28.6 Å². The van der Waals surface area contributed by atoms with Gasteiger partial charge in [0.05, 0.1) is 16.7 Å². The summed E-state index contributed by atoms with van der Waals surface area (Å²) in [6.07, 6.45) is 5.92. The standard InChI is InChI=1S/C19H25N3O2S/c1-3-22(14-9-5-4-6-10-14)17(23)13-25-19-20-16-12-8-7-11-15(16)18(24)21(19)2/h7-8,11-12,14H,3-6,9-10,13H2,1-2H3. The summed E-state index contributed by atoms with van der Waals surface area (Å²) in [6.45, 7) is 2.79. The van der Waals surface area contributed by atoms with Gasteiger partial charge in [-0.2, -0.15) is 0 Å². The fourth-order valence-electron chi connectivity index (χ4n) is 3.57. The third-order valence-corrected chi connectivity index (χ3v) is 5.96. The van der Waals surface area contributed by atoms with Gasteiger partial charge in [-0.05, 0) is 31.9 Å². The van der Waals surface area contributed by atoms with E-state index in [1.54, 1.807) is 13.1 Å². The maximum atomic E-state index is 12.7. The monoisotopic (exact) mass is 359 g/mol. The fourth-order valence-corrected chi connectivity index (χ4v) is 4.42. The Morgan fingerprint density at radius 3 is 2.72 bits per heavy atom. The van der Waals surface area contributed by atoms with Gasteiger partial charge in [-0.1, -0.05) is 43.2 Å². The van der Waals surface area contributed by atoms with Crippen LogP contribution in [0.3, 0.4) is 0 Å². The van der Waals surface area contributed by atoms with Crippen molar-refractivity contribution in [3.05, 3.63) is 34.6 Å². The molecule has 134 valence electrons. The zero-order valence-corrected chi connectivity index (χ0v) is 15.7. The lowest BCUT2D eigenvalue weighted by Gasteiger charge is -2.33. The summed E-state index contributed by atoms with van der Waals surface area (Å²) >= 11 is 1.35. The van der Waals surface area contributed by atoms with Crippen LogP contribution in [0.15, 0.2) is 34.2 Å². The number of thioether (sulfide) groups is 1. The Morgan fingerprint density at radius 2 is 2.00 bits per heavy atom. The van der Waals surface area contributed by atoms with Crippen LogP contribution < -0.4 is 5.56 Å². The van der Waals surface area contributed by atoms with Crippen molar-refractivity contribution in [1.29, 1.82) is 0 Å². The van der Waals surface area contributed by atoms with Gasteiger partial charge in [0.25, 0.3) is 5.56 Å². The van der Waals surface area contributed by atoms with Crippen LogP contribution in [0.1, 0.15) is 39.0 Å². The maximum absolute atomic E-state index is 12.7. The van der Waals surface area contributed by atoms with Crippen LogP contribution in [-0.2, 0) is 11.8 Å². The Hall–Kier alpha value is -1.82. The van der Waals surface area contributed by atoms with Crippen LogP contribution in [0.4, 0.5) is 0 Å². The molecule has 0 radical (unpaired) electrons. The molecule has 0 N–H and O–H groups in total. The van der Waals surface area contributed by atoms with Crippen molar-refractivity contribution in [2.45, 2.75) is 50.2 Å². The topological polar surface area (TPSA) is 55.2 Å². The number of carbonyl (C=O) groups is 1. The van der Waals surface area contributed by atoms with Gasteiger partial charge in [-0.15, -0.1) is 0 Å². The lowest BCUT2D eigenvalue weighted by Crippen LogP contribution is -2.42. The lowest BCUT2D eigenvalue weighted by molar-refractivity contribution is -0.131. The molecule has 1 aliphatic rings. The zero-order chi connectivity index (χ0) is 17.8. The summed E-state index contributed by atoms with van der Waals surface area (Å²) in [5.74, 6) is 0.463. The lowest BCUT2D eigenvalue weighted by atomic mass is 9.94. The first-order chi connectivity index (χ1) is 12.1. The van der Waals surface area contributed by atoms with E-state index in [4.69, 9.17) is 0 Å². The Bertz CT molecular complexity index is 812. The van der Waals surface area contributed by atoms with Crippen LogP contribution in [-0.4, -0.2) is 38.7 Å². The van der Waals surface area contributed by atoms with Crippen molar-refractivity contribution < 1.29 is 4.79 Å². The van der Waals surface area contributed by atoms with Crippen LogP contribution in [0.5, 0.6) is 0 Å². The van der Waals surface area contributed by atoms with E-state index in [0.717, 1.165) is 19.4 Å². The van der Waals surface area contributed by atoms with E-state index in [9.17, 15) is 9.59 Å². The molecule has 1 aromatic carbocycles. The third kappa shape index (κ3) is 3.89. The molecule has 0 atom stereocenters. The predicted molar refractivity (Wildman–Crippen MR) is 102 cm³/mol. The van der Waals surface area contributed by atoms with E-state index in [0.29, 0.717) is 27.9 Å². The number of hydrogen-bond acceptors (Lipinski definition) is 4. The molecule has 2 aromatic rings. The summed E-state index contributed by atoms with van der Waals surface area (Å²) in [7, 11) is 1.72. The molecule has 0 aliphatic heterocycles. The number of carbonyl (C=O) groups excluding carboxylic acids is 1. The first-order valence-corrected chi connectivity index (χ1v) is 9.98. The normalized spacial score (nSPS) is 15.4. The highest BCUT2D eigenvalue weighted by atomic mass is 32.2. The van der Waals surface area contributed by atoms with Gasteiger partial charge in [-0.3, -0.25) is 14.2 Å². The summed E-state index contributed by atoms with van der Waals surface area (Å²) in [5.41, 5.74) is 0.611. The molecule has 25 heavy (non-hydrogen) atoms. The first-order valence-electron chi connectivity index (χ1n) is 9.00. The molecule has 5 nitrogen and oxygen atoms in total. The second-order valence-electron chi connectivity index (χ2n) is 6.54. The Labute approximate surface area is 152 Å². The molecule has 0 unspecified atom stereocenters. The largest absolute Gasteiger partial charge is 0.339 e. The van der Waals surface area contributed by atoms with Crippen LogP contribution >= 0.6 is 11.8 Å². The van der Waals surface area contributed by atoms with Crippen LogP contribution in [0.25, 0.3) is 10.9 Å². The summed E-state index contributed by atoms with van der Waals surface area (Å²) < 4.78 is 1.54. The maximum Gasteiger partial charge on any atom is 0.261 e. The predicted octanol–water partition coefficient (Wildman–Crippen LogP) is 3.21. The minimum atomic E-state index is -0.0693. The van der Waals surface area contributed by atoms with Gasteiger partial charge in [0, 0.05) is 19.6 Å². The van der Waals surface area contributed by atoms with Gasteiger partial charge >= 0.3 is 0 Å². The van der Waals surface area contributed by atoms with Gasteiger partial charge in [0.2, 0.25) is 5.91 Å². The van der Waals surface area contributed by atoms with E-state index in [-0.39, 0.29) is 11.5 Å². The molecule has 1 aliphatic carbocycles. The Kier molecular flexibility index (Phi) is 5.78. The molecule has 1 saturated carbocycles. The van der Waals surface area contributed by atoms with Crippen LogP contribution in [0, 0.1) is 0 Å². The summed E-state index contributed by atoms with van der Waals surface area (Å²) in [6, 6.07) is 7.71. The molecule has 0 saturated heterocycles. The molecular formula is C19H25N3O2S. The number of fused-ring (bicyclic) bond motifs is 1. The van der Waals surface area contributed by atoms with E-state index >= 15 is 0 Å². The van der Waals surface area contributed by atoms with Crippen molar-refractivity contribution in [3.63, 3.8) is 0 Å². The SMILES string of the molecule is CCN(C(=O)CSc1nc2ccccc2c(=O)n1C)C1CCCCC1. The molecular weight excluding hydrogens is 334 g/mol. The number of amides is 1. The van der Waals surface area contributed by atoms with E-state index in [2.05, 4.69) is 4.98 Å². The highest BCUT2D eigenvalue weighted by molar-refractivity contribution is 7.99. The molecule has 1 heterocycles. The van der Waals surface area contributed by atoms with Crippen molar-refractivity contribution in [1.82, 2.24) is 14.5 Å². The fraction of sp³-hybridized carbons (Fsp3) is 0.526. The molecule has 0 bridgehead atoms. The van der Waals surface area contributed by atoms with E-state index in [1.165, 1.54) is 35.6 Å². The number of para-hydroxylation sites is 1. The Morgan fingerprint density at radius 1 is 1.28 bits per heavy atom. The van der Waals surface area contributed by atoms with Gasteiger partial charge in [0.1, 0.15) is 0 Å². The van der Waals surface area contributed by atoms with E-state index < -0.39 is 0 Å². The summed E-state index contributed by atoms with van der Waals surface area (Å²) in [5, 5.41) is 1.20. The second-order valence-corrected chi connectivity index (χ2v) is 7.48.